The van der Waals surface area contributed by atoms with Crippen LogP contribution in [-0.2, 0) is 5.41 Å². The summed E-state index contributed by atoms with van der Waals surface area (Å²) in [7, 11) is 1.52. The van der Waals surface area contributed by atoms with Crippen LogP contribution < -0.4 is 4.74 Å². The number of aliphatic hydroxyl groups is 1. The summed E-state index contributed by atoms with van der Waals surface area (Å²) in [5.41, 5.74) is 1.48. The summed E-state index contributed by atoms with van der Waals surface area (Å²) in [5.74, 6) is 0.288. The van der Waals surface area contributed by atoms with Crippen LogP contribution in [0, 0.1) is 19.7 Å². The SMILES string of the molecule is CC.CC.CC.COc1c(C(C)(C)CO)cc(C)c(F)c1C. The lowest BCUT2D eigenvalue weighted by Gasteiger charge is -2.26. The quantitative estimate of drug-likeness (QED) is 0.763. The minimum atomic E-state index is -0.436. The molecule has 0 unspecified atom stereocenters. The third-order valence-corrected chi connectivity index (χ3v) is 2.95. The Kier molecular flexibility index (Phi) is 15.9. The summed E-state index contributed by atoms with van der Waals surface area (Å²) in [4.78, 5) is 0. The van der Waals surface area contributed by atoms with E-state index < -0.39 is 5.41 Å². The van der Waals surface area contributed by atoms with E-state index in [2.05, 4.69) is 0 Å². The Labute approximate surface area is 137 Å². The molecule has 0 atom stereocenters. The number of ether oxygens (including phenoxy) is 1. The Bertz CT molecular complexity index is 399. The van der Waals surface area contributed by atoms with Crippen molar-refractivity contribution in [1.29, 1.82) is 0 Å². The van der Waals surface area contributed by atoms with Gasteiger partial charge in [0.05, 0.1) is 13.7 Å². The molecule has 0 saturated carbocycles. The Morgan fingerprint density at radius 3 is 1.77 bits per heavy atom. The van der Waals surface area contributed by atoms with Gasteiger partial charge in [0.2, 0.25) is 0 Å². The second-order valence-electron chi connectivity index (χ2n) is 4.76. The first kappa shape index (κ1) is 25.8. The first-order chi connectivity index (χ1) is 10.3. The number of halogens is 1. The molecule has 0 fully saturated rings. The summed E-state index contributed by atoms with van der Waals surface area (Å²) in [6.45, 7) is 19.2. The monoisotopic (exact) mass is 316 g/mol. The zero-order chi connectivity index (χ0) is 18.5. The molecule has 1 aromatic rings. The van der Waals surface area contributed by atoms with Gasteiger partial charge >= 0.3 is 0 Å². The molecule has 0 aliphatic rings. The maximum absolute atomic E-state index is 13.7. The zero-order valence-electron chi connectivity index (χ0n) is 16.5. The Morgan fingerprint density at radius 2 is 1.45 bits per heavy atom. The number of aliphatic hydroxyl groups excluding tert-OH is 1. The summed E-state index contributed by atoms with van der Waals surface area (Å²) in [5, 5.41) is 9.37. The van der Waals surface area contributed by atoms with E-state index in [1.54, 1.807) is 19.9 Å². The molecule has 3 heteroatoms. The zero-order valence-corrected chi connectivity index (χ0v) is 16.5. The van der Waals surface area contributed by atoms with Gasteiger partial charge < -0.3 is 9.84 Å². The number of hydrogen-bond acceptors (Lipinski definition) is 2. The first-order valence-electron chi connectivity index (χ1n) is 8.30. The van der Waals surface area contributed by atoms with Crippen LogP contribution in [0.3, 0.4) is 0 Å². The van der Waals surface area contributed by atoms with Crippen molar-refractivity contribution in [2.24, 2.45) is 0 Å². The standard InChI is InChI=1S/C13H19FO2.3C2H6/c1-8-6-10(13(3,4)7-15)12(16-5)9(2)11(8)14;3*1-2/h6,15H,7H2,1-5H3;3*1-2H3. The smallest absolute Gasteiger partial charge is 0.132 e. The van der Waals surface area contributed by atoms with Crippen molar-refractivity contribution in [2.45, 2.75) is 74.7 Å². The third-order valence-electron chi connectivity index (χ3n) is 2.95. The Morgan fingerprint density at radius 1 is 1.05 bits per heavy atom. The van der Waals surface area contributed by atoms with Crippen LogP contribution in [0.5, 0.6) is 5.75 Å². The second kappa shape index (κ2) is 13.6. The van der Waals surface area contributed by atoms with Crippen LogP contribution in [0.4, 0.5) is 4.39 Å². The predicted octanol–water partition coefficient (Wildman–Crippen LogP) is 5.80. The molecular weight excluding hydrogens is 279 g/mol. The highest BCUT2D eigenvalue weighted by Crippen LogP contribution is 2.36. The fraction of sp³-hybridized carbons (Fsp3) is 0.684. The molecule has 1 aromatic carbocycles. The maximum atomic E-state index is 13.7. The molecule has 0 saturated heterocycles. The molecule has 0 aliphatic heterocycles. The predicted molar refractivity (Wildman–Crippen MR) is 96.6 cm³/mol. The number of aryl methyl sites for hydroxylation is 1. The molecule has 0 bridgehead atoms. The van der Waals surface area contributed by atoms with E-state index in [4.69, 9.17) is 4.74 Å². The van der Waals surface area contributed by atoms with Crippen LogP contribution in [0.2, 0.25) is 0 Å². The van der Waals surface area contributed by atoms with E-state index in [1.807, 2.05) is 55.4 Å². The Balaban J connectivity index is -0.000000535. The number of benzene rings is 1. The van der Waals surface area contributed by atoms with Gasteiger partial charge in [-0.1, -0.05) is 55.4 Å². The number of rotatable bonds is 3. The van der Waals surface area contributed by atoms with Gasteiger partial charge in [-0.2, -0.15) is 0 Å². The van der Waals surface area contributed by atoms with Crippen LogP contribution in [-0.4, -0.2) is 18.8 Å². The van der Waals surface area contributed by atoms with E-state index in [-0.39, 0.29) is 12.4 Å². The van der Waals surface area contributed by atoms with Gasteiger partial charge in [-0.05, 0) is 25.5 Å². The minimum absolute atomic E-state index is 0.00608. The summed E-state index contributed by atoms with van der Waals surface area (Å²) >= 11 is 0. The molecular formula is C19H37FO2. The van der Waals surface area contributed by atoms with E-state index in [9.17, 15) is 9.50 Å². The van der Waals surface area contributed by atoms with E-state index >= 15 is 0 Å². The fourth-order valence-corrected chi connectivity index (χ4v) is 1.79. The van der Waals surface area contributed by atoms with Gasteiger partial charge in [0.15, 0.2) is 0 Å². The number of hydrogen-bond donors (Lipinski definition) is 1. The van der Waals surface area contributed by atoms with Crippen molar-refractivity contribution in [3.05, 3.63) is 28.6 Å². The van der Waals surface area contributed by atoms with Gasteiger partial charge in [0.1, 0.15) is 11.6 Å². The van der Waals surface area contributed by atoms with Crippen LogP contribution in [0.1, 0.15) is 72.1 Å². The molecule has 22 heavy (non-hydrogen) atoms. The molecule has 0 heterocycles. The maximum Gasteiger partial charge on any atom is 0.132 e. The van der Waals surface area contributed by atoms with Crippen LogP contribution in [0.15, 0.2) is 6.07 Å². The Hall–Kier alpha value is -1.09. The average Bonchev–Trinajstić information content (AvgIpc) is 2.57. The molecule has 0 amide bonds. The van der Waals surface area contributed by atoms with E-state index in [0.717, 1.165) is 5.56 Å². The van der Waals surface area contributed by atoms with E-state index in [0.29, 0.717) is 16.9 Å². The second-order valence-corrected chi connectivity index (χ2v) is 4.76. The van der Waals surface area contributed by atoms with Gasteiger partial charge in [0, 0.05) is 16.5 Å². The van der Waals surface area contributed by atoms with E-state index in [1.165, 1.54) is 7.11 Å². The van der Waals surface area contributed by atoms with Crippen molar-refractivity contribution in [1.82, 2.24) is 0 Å². The van der Waals surface area contributed by atoms with Gasteiger partial charge in [0.25, 0.3) is 0 Å². The number of methoxy groups -OCH3 is 1. The fourth-order valence-electron chi connectivity index (χ4n) is 1.79. The van der Waals surface area contributed by atoms with Gasteiger partial charge in [-0.15, -0.1) is 0 Å². The first-order valence-corrected chi connectivity index (χ1v) is 8.30. The highest BCUT2D eigenvalue weighted by molar-refractivity contribution is 5.48. The lowest BCUT2D eigenvalue weighted by Crippen LogP contribution is -2.23. The molecule has 0 spiro atoms. The highest BCUT2D eigenvalue weighted by Gasteiger charge is 2.26. The van der Waals surface area contributed by atoms with Crippen molar-refractivity contribution in [3.63, 3.8) is 0 Å². The van der Waals surface area contributed by atoms with Gasteiger partial charge in [-0.3, -0.25) is 0 Å². The van der Waals surface area contributed by atoms with Crippen LogP contribution >= 0.6 is 0 Å². The highest BCUT2D eigenvalue weighted by atomic mass is 19.1. The molecule has 1 rings (SSSR count). The molecule has 132 valence electrons. The third kappa shape index (κ3) is 6.78. The molecule has 1 N–H and O–H groups in total. The normalized spacial score (nSPS) is 9.32. The van der Waals surface area contributed by atoms with Crippen molar-refractivity contribution in [2.75, 3.05) is 13.7 Å². The van der Waals surface area contributed by atoms with Crippen LogP contribution in [0.25, 0.3) is 0 Å². The van der Waals surface area contributed by atoms with Gasteiger partial charge in [-0.25, -0.2) is 4.39 Å². The lowest BCUT2D eigenvalue weighted by molar-refractivity contribution is 0.214. The van der Waals surface area contributed by atoms with Crippen molar-refractivity contribution >= 4 is 0 Å². The summed E-state index contributed by atoms with van der Waals surface area (Å²) < 4.78 is 19.0. The average molecular weight is 317 g/mol. The lowest BCUT2D eigenvalue weighted by atomic mass is 9.83. The van der Waals surface area contributed by atoms with Crippen molar-refractivity contribution in [3.8, 4) is 5.75 Å². The summed E-state index contributed by atoms with van der Waals surface area (Å²) in [6, 6.07) is 1.75. The largest absolute Gasteiger partial charge is 0.496 e. The topological polar surface area (TPSA) is 29.5 Å². The molecule has 0 aromatic heterocycles. The molecule has 0 aliphatic carbocycles. The van der Waals surface area contributed by atoms with Crippen molar-refractivity contribution < 1.29 is 14.2 Å². The molecule has 0 radical (unpaired) electrons. The summed E-state index contributed by atoms with van der Waals surface area (Å²) in [6.07, 6.45) is 0. The molecule has 2 nitrogen and oxygen atoms in total. The minimum Gasteiger partial charge on any atom is -0.496 e.